The van der Waals surface area contributed by atoms with Crippen LogP contribution in [0.3, 0.4) is 0 Å². The van der Waals surface area contributed by atoms with E-state index in [9.17, 15) is 0 Å². The van der Waals surface area contributed by atoms with E-state index in [0.717, 1.165) is 5.56 Å². The summed E-state index contributed by atoms with van der Waals surface area (Å²) in [6.45, 7) is 0. The molecule has 2 rings (SSSR count). The number of rotatable bonds is 2. The lowest BCUT2D eigenvalue weighted by Gasteiger charge is -1.92. The SMILES string of the molecule is N#CCc1cnn(C2CC2)c1. The van der Waals surface area contributed by atoms with Crippen LogP contribution in [0, 0.1) is 11.3 Å². The minimum absolute atomic E-state index is 0.479. The van der Waals surface area contributed by atoms with Gasteiger partial charge in [0.25, 0.3) is 0 Å². The Morgan fingerprint density at radius 3 is 3.18 bits per heavy atom. The van der Waals surface area contributed by atoms with E-state index in [2.05, 4.69) is 11.2 Å². The van der Waals surface area contributed by atoms with Gasteiger partial charge in [-0.3, -0.25) is 4.68 Å². The van der Waals surface area contributed by atoms with Gasteiger partial charge in [-0.05, 0) is 12.8 Å². The summed E-state index contributed by atoms with van der Waals surface area (Å²) in [5, 5.41) is 12.6. The molecular formula is C8H9N3. The molecule has 11 heavy (non-hydrogen) atoms. The summed E-state index contributed by atoms with van der Waals surface area (Å²) < 4.78 is 1.96. The normalized spacial score (nSPS) is 16.3. The van der Waals surface area contributed by atoms with Crippen molar-refractivity contribution in [1.29, 1.82) is 5.26 Å². The Hall–Kier alpha value is -1.30. The highest BCUT2D eigenvalue weighted by Gasteiger charge is 2.23. The fourth-order valence-corrected chi connectivity index (χ4v) is 1.10. The first-order valence-electron chi connectivity index (χ1n) is 3.80. The number of nitrogens with zero attached hydrogens (tertiary/aromatic N) is 3. The molecule has 1 saturated carbocycles. The Labute approximate surface area is 65.3 Å². The zero-order valence-corrected chi connectivity index (χ0v) is 6.20. The lowest BCUT2D eigenvalue weighted by Crippen LogP contribution is -1.92. The van der Waals surface area contributed by atoms with Crippen molar-refractivity contribution < 1.29 is 0 Å². The lowest BCUT2D eigenvalue weighted by atomic mass is 10.3. The maximum Gasteiger partial charge on any atom is 0.0670 e. The molecular weight excluding hydrogens is 138 g/mol. The maximum atomic E-state index is 8.40. The number of nitriles is 1. The van der Waals surface area contributed by atoms with Gasteiger partial charge in [-0.2, -0.15) is 10.4 Å². The molecule has 1 aliphatic rings. The Bertz CT molecular complexity index is 291. The van der Waals surface area contributed by atoms with Gasteiger partial charge < -0.3 is 0 Å². The monoisotopic (exact) mass is 147 g/mol. The second-order valence-electron chi connectivity index (χ2n) is 2.89. The van der Waals surface area contributed by atoms with Gasteiger partial charge in [0.15, 0.2) is 0 Å². The zero-order chi connectivity index (χ0) is 7.68. The molecule has 1 aromatic heterocycles. The predicted molar refractivity (Wildman–Crippen MR) is 39.8 cm³/mol. The van der Waals surface area contributed by atoms with Gasteiger partial charge in [-0.1, -0.05) is 0 Å². The number of aromatic nitrogens is 2. The number of hydrogen-bond acceptors (Lipinski definition) is 2. The molecule has 0 amide bonds. The molecule has 1 aromatic rings. The van der Waals surface area contributed by atoms with Gasteiger partial charge in [0.1, 0.15) is 0 Å². The van der Waals surface area contributed by atoms with Gasteiger partial charge in [-0.15, -0.1) is 0 Å². The Kier molecular flexibility index (Phi) is 1.39. The molecule has 0 bridgehead atoms. The molecule has 1 aliphatic carbocycles. The van der Waals surface area contributed by atoms with Crippen molar-refractivity contribution >= 4 is 0 Å². The summed E-state index contributed by atoms with van der Waals surface area (Å²) in [5.41, 5.74) is 1.03. The van der Waals surface area contributed by atoms with Crippen LogP contribution in [0.25, 0.3) is 0 Å². The van der Waals surface area contributed by atoms with Crippen LogP contribution in [0.5, 0.6) is 0 Å². The molecule has 0 N–H and O–H groups in total. The van der Waals surface area contributed by atoms with E-state index < -0.39 is 0 Å². The fraction of sp³-hybridized carbons (Fsp3) is 0.500. The largest absolute Gasteiger partial charge is 0.269 e. The Morgan fingerprint density at radius 2 is 2.55 bits per heavy atom. The molecule has 1 fully saturated rings. The molecule has 0 unspecified atom stereocenters. The predicted octanol–water partition coefficient (Wildman–Crippen LogP) is 1.28. The lowest BCUT2D eigenvalue weighted by molar-refractivity contribution is 0.641. The van der Waals surface area contributed by atoms with E-state index >= 15 is 0 Å². The van der Waals surface area contributed by atoms with E-state index in [1.165, 1.54) is 12.8 Å². The van der Waals surface area contributed by atoms with Crippen molar-refractivity contribution in [3.8, 4) is 6.07 Å². The fourth-order valence-electron chi connectivity index (χ4n) is 1.10. The first-order valence-corrected chi connectivity index (χ1v) is 3.80. The van der Waals surface area contributed by atoms with Crippen LogP contribution >= 0.6 is 0 Å². The molecule has 3 heteroatoms. The van der Waals surface area contributed by atoms with Gasteiger partial charge in [0.05, 0.1) is 24.7 Å². The Balaban J connectivity index is 2.13. The third kappa shape index (κ3) is 1.25. The quantitative estimate of drug-likeness (QED) is 0.632. The highest BCUT2D eigenvalue weighted by molar-refractivity contribution is 5.10. The minimum Gasteiger partial charge on any atom is -0.269 e. The molecule has 0 saturated heterocycles. The summed E-state index contributed by atoms with van der Waals surface area (Å²) >= 11 is 0. The van der Waals surface area contributed by atoms with E-state index in [0.29, 0.717) is 12.5 Å². The summed E-state index contributed by atoms with van der Waals surface area (Å²) in [7, 11) is 0. The summed E-state index contributed by atoms with van der Waals surface area (Å²) in [4.78, 5) is 0. The first kappa shape index (κ1) is 6.41. The third-order valence-corrected chi connectivity index (χ3v) is 1.86. The highest BCUT2D eigenvalue weighted by Crippen LogP contribution is 2.33. The van der Waals surface area contributed by atoms with E-state index in [-0.39, 0.29) is 0 Å². The van der Waals surface area contributed by atoms with Crippen LogP contribution in [0.2, 0.25) is 0 Å². The number of hydrogen-bond donors (Lipinski definition) is 0. The topological polar surface area (TPSA) is 41.6 Å². The van der Waals surface area contributed by atoms with Crippen molar-refractivity contribution in [2.45, 2.75) is 25.3 Å². The van der Waals surface area contributed by atoms with Crippen molar-refractivity contribution in [2.75, 3.05) is 0 Å². The van der Waals surface area contributed by atoms with Crippen LogP contribution in [-0.4, -0.2) is 9.78 Å². The molecule has 0 aromatic carbocycles. The minimum atomic E-state index is 0.479. The second kappa shape index (κ2) is 2.39. The smallest absolute Gasteiger partial charge is 0.0670 e. The van der Waals surface area contributed by atoms with Crippen LogP contribution in [0.4, 0.5) is 0 Å². The van der Waals surface area contributed by atoms with Gasteiger partial charge >= 0.3 is 0 Å². The molecule has 56 valence electrons. The van der Waals surface area contributed by atoms with Crippen LogP contribution in [0.1, 0.15) is 24.4 Å². The second-order valence-corrected chi connectivity index (χ2v) is 2.89. The third-order valence-electron chi connectivity index (χ3n) is 1.86. The molecule has 0 atom stereocenters. The molecule has 0 aliphatic heterocycles. The van der Waals surface area contributed by atoms with Crippen molar-refractivity contribution in [1.82, 2.24) is 9.78 Å². The average Bonchev–Trinajstić information content (AvgIpc) is 2.75. The van der Waals surface area contributed by atoms with Gasteiger partial charge in [0.2, 0.25) is 0 Å². The van der Waals surface area contributed by atoms with Gasteiger partial charge in [0, 0.05) is 11.8 Å². The van der Waals surface area contributed by atoms with E-state index in [1.54, 1.807) is 6.20 Å². The van der Waals surface area contributed by atoms with Crippen LogP contribution < -0.4 is 0 Å². The molecule has 0 spiro atoms. The van der Waals surface area contributed by atoms with Crippen molar-refractivity contribution in [3.05, 3.63) is 18.0 Å². The van der Waals surface area contributed by atoms with Crippen LogP contribution in [0.15, 0.2) is 12.4 Å². The van der Waals surface area contributed by atoms with Crippen LogP contribution in [-0.2, 0) is 6.42 Å². The van der Waals surface area contributed by atoms with E-state index in [4.69, 9.17) is 5.26 Å². The standard InChI is InChI=1S/C8H9N3/c9-4-3-7-5-10-11(6-7)8-1-2-8/h5-6,8H,1-3H2. The van der Waals surface area contributed by atoms with Crippen molar-refractivity contribution in [3.63, 3.8) is 0 Å². The summed E-state index contributed by atoms with van der Waals surface area (Å²) in [5.74, 6) is 0. The van der Waals surface area contributed by atoms with Crippen molar-refractivity contribution in [2.24, 2.45) is 0 Å². The Morgan fingerprint density at radius 1 is 1.73 bits per heavy atom. The maximum absolute atomic E-state index is 8.40. The molecule has 0 radical (unpaired) electrons. The first-order chi connectivity index (χ1) is 5.40. The molecule has 1 heterocycles. The van der Waals surface area contributed by atoms with E-state index in [1.807, 2.05) is 10.9 Å². The average molecular weight is 147 g/mol. The highest BCUT2D eigenvalue weighted by atomic mass is 15.3. The summed E-state index contributed by atoms with van der Waals surface area (Å²) in [6.07, 6.45) is 6.72. The zero-order valence-electron chi connectivity index (χ0n) is 6.20. The molecule has 3 nitrogen and oxygen atoms in total. The van der Waals surface area contributed by atoms with Gasteiger partial charge in [-0.25, -0.2) is 0 Å². The summed E-state index contributed by atoms with van der Waals surface area (Å²) in [6, 6.07) is 2.73.